The largest absolute Gasteiger partial charge is 0.356 e. The standard InChI is InChI=1S/C17H26N2O3S/c1-3-14-4-6-15(7-5-14)8-11-18-17(20)16-9-12-19(13-10-16)23(2,21)22/h4-7,16H,3,8-13H2,1-2H3,(H,18,20). The molecular weight excluding hydrogens is 312 g/mol. The number of aryl methyl sites for hydroxylation is 1. The molecule has 2 rings (SSSR count). The van der Waals surface area contributed by atoms with Crippen LogP contribution in [0.25, 0.3) is 0 Å². The molecule has 1 N–H and O–H groups in total. The minimum absolute atomic E-state index is 0.0447. The van der Waals surface area contributed by atoms with Gasteiger partial charge >= 0.3 is 0 Å². The van der Waals surface area contributed by atoms with Crippen molar-refractivity contribution in [3.63, 3.8) is 0 Å². The maximum atomic E-state index is 12.2. The van der Waals surface area contributed by atoms with E-state index in [4.69, 9.17) is 0 Å². The number of nitrogens with one attached hydrogen (secondary N) is 1. The third-order valence-corrected chi connectivity index (χ3v) is 5.74. The highest BCUT2D eigenvalue weighted by atomic mass is 32.2. The lowest BCUT2D eigenvalue weighted by molar-refractivity contribution is -0.126. The summed E-state index contributed by atoms with van der Waals surface area (Å²) >= 11 is 0. The Hall–Kier alpha value is -1.40. The molecule has 0 radical (unpaired) electrons. The fraction of sp³-hybridized carbons (Fsp3) is 0.588. The molecule has 0 bridgehead atoms. The average Bonchev–Trinajstić information content (AvgIpc) is 2.54. The molecule has 0 spiro atoms. The van der Waals surface area contributed by atoms with Gasteiger partial charge in [0.1, 0.15) is 0 Å². The first kappa shape index (κ1) is 17.9. The number of sulfonamides is 1. The number of rotatable bonds is 6. The molecule has 0 aliphatic carbocycles. The summed E-state index contributed by atoms with van der Waals surface area (Å²) < 4.78 is 24.4. The fourth-order valence-electron chi connectivity index (χ4n) is 2.87. The van der Waals surface area contributed by atoms with E-state index in [1.54, 1.807) is 0 Å². The number of hydrogen-bond acceptors (Lipinski definition) is 3. The van der Waals surface area contributed by atoms with E-state index in [1.807, 2.05) is 0 Å². The number of hydrogen-bond donors (Lipinski definition) is 1. The molecule has 0 unspecified atom stereocenters. The van der Waals surface area contributed by atoms with Gasteiger partial charge in [0.2, 0.25) is 15.9 Å². The molecule has 128 valence electrons. The minimum atomic E-state index is -3.13. The Morgan fingerprint density at radius 2 is 1.74 bits per heavy atom. The summed E-state index contributed by atoms with van der Waals surface area (Å²) in [4.78, 5) is 12.2. The van der Waals surface area contributed by atoms with Crippen molar-refractivity contribution in [1.82, 2.24) is 9.62 Å². The first-order chi connectivity index (χ1) is 10.9. The summed E-state index contributed by atoms with van der Waals surface area (Å²) in [6.07, 6.45) is 4.27. The van der Waals surface area contributed by atoms with Gasteiger partial charge in [0.05, 0.1) is 6.26 Å². The molecule has 0 aromatic heterocycles. The highest BCUT2D eigenvalue weighted by Crippen LogP contribution is 2.19. The predicted molar refractivity (Wildman–Crippen MR) is 91.7 cm³/mol. The second-order valence-electron chi connectivity index (χ2n) is 6.15. The average molecular weight is 338 g/mol. The van der Waals surface area contributed by atoms with Crippen LogP contribution in [-0.4, -0.2) is 44.5 Å². The van der Waals surface area contributed by atoms with Gasteiger partial charge in [0, 0.05) is 25.6 Å². The zero-order valence-electron chi connectivity index (χ0n) is 13.9. The zero-order valence-corrected chi connectivity index (χ0v) is 14.7. The molecule has 0 saturated carbocycles. The molecule has 1 aliphatic heterocycles. The van der Waals surface area contributed by atoms with Gasteiger partial charge in [-0.15, -0.1) is 0 Å². The Labute approximate surface area is 139 Å². The normalized spacial score (nSPS) is 17.1. The topological polar surface area (TPSA) is 66.5 Å². The number of nitrogens with zero attached hydrogens (tertiary/aromatic N) is 1. The molecule has 5 nitrogen and oxygen atoms in total. The van der Waals surface area contributed by atoms with Crippen molar-refractivity contribution in [3.05, 3.63) is 35.4 Å². The van der Waals surface area contributed by atoms with E-state index in [9.17, 15) is 13.2 Å². The Kier molecular flexibility index (Phi) is 6.18. The van der Waals surface area contributed by atoms with Gasteiger partial charge in [-0.2, -0.15) is 0 Å². The second-order valence-corrected chi connectivity index (χ2v) is 8.13. The smallest absolute Gasteiger partial charge is 0.223 e. The fourth-order valence-corrected chi connectivity index (χ4v) is 3.74. The van der Waals surface area contributed by atoms with E-state index >= 15 is 0 Å². The summed E-state index contributed by atoms with van der Waals surface area (Å²) in [5, 5.41) is 2.98. The summed E-state index contributed by atoms with van der Waals surface area (Å²) in [6.45, 7) is 3.63. The van der Waals surface area contributed by atoms with Gasteiger partial charge in [-0.3, -0.25) is 4.79 Å². The van der Waals surface area contributed by atoms with Gasteiger partial charge in [0.15, 0.2) is 0 Å². The zero-order chi connectivity index (χ0) is 16.9. The lowest BCUT2D eigenvalue weighted by atomic mass is 9.97. The van der Waals surface area contributed by atoms with Crippen LogP contribution in [0.2, 0.25) is 0 Å². The predicted octanol–water partition coefficient (Wildman–Crippen LogP) is 1.58. The Morgan fingerprint density at radius 3 is 2.26 bits per heavy atom. The summed E-state index contributed by atoms with van der Waals surface area (Å²) in [5.74, 6) is -0.0289. The molecule has 1 aliphatic rings. The molecule has 23 heavy (non-hydrogen) atoms. The number of benzene rings is 1. The van der Waals surface area contributed by atoms with Gasteiger partial charge in [-0.05, 0) is 36.8 Å². The summed E-state index contributed by atoms with van der Waals surface area (Å²) in [6, 6.07) is 8.46. The molecule has 1 aromatic carbocycles. The molecule has 1 aromatic rings. The van der Waals surface area contributed by atoms with Gasteiger partial charge in [-0.1, -0.05) is 31.2 Å². The van der Waals surface area contributed by atoms with Crippen molar-refractivity contribution in [1.29, 1.82) is 0 Å². The van der Waals surface area contributed by atoms with Crippen LogP contribution in [0.4, 0.5) is 0 Å². The van der Waals surface area contributed by atoms with Gasteiger partial charge < -0.3 is 5.32 Å². The highest BCUT2D eigenvalue weighted by molar-refractivity contribution is 7.88. The number of carbonyl (C=O) groups is 1. The third-order valence-electron chi connectivity index (χ3n) is 4.44. The van der Waals surface area contributed by atoms with Crippen molar-refractivity contribution < 1.29 is 13.2 Å². The van der Waals surface area contributed by atoms with E-state index < -0.39 is 10.0 Å². The summed E-state index contributed by atoms with van der Waals surface area (Å²) in [7, 11) is -3.13. The molecule has 1 heterocycles. The van der Waals surface area contributed by atoms with Crippen molar-refractivity contribution in [2.45, 2.75) is 32.6 Å². The Bertz CT molecular complexity index is 618. The van der Waals surface area contributed by atoms with Crippen LogP contribution in [0.3, 0.4) is 0 Å². The Morgan fingerprint density at radius 1 is 1.17 bits per heavy atom. The van der Waals surface area contributed by atoms with E-state index in [0.717, 1.165) is 12.8 Å². The molecular formula is C17H26N2O3S. The van der Waals surface area contributed by atoms with E-state index in [0.29, 0.717) is 32.5 Å². The second kappa shape index (κ2) is 7.93. The lowest BCUT2D eigenvalue weighted by Crippen LogP contribution is -2.42. The first-order valence-electron chi connectivity index (χ1n) is 8.21. The first-order valence-corrected chi connectivity index (χ1v) is 10.1. The van der Waals surface area contributed by atoms with Crippen molar-refractivity contribution in [2.24, 2.45) is 5.92 Å². The highest BCUT2D eigenvalue weighted by Gasteiger charge is 2.28. The van der Waals surface area contributed by atoms with Crippen LogP contribution < -0.4 is 5.32 Å². The quantitative estimate of drug-likeness (QED) is 0.856. The van der Waals surface area contributed by atoms with Crippen LogP contribution in [0.15, 0.2) is 24.3 Å². The van der Waals surface area contributed by atoms with E-state index in [-0.39, 0.29) is 11.8 Å². The van der Waals surface area contributed by atoms with Gasteiger partial charge in [0.25, 0.3) is 0 Å². The SMILES string of the molecule is CCc1ccc(CCNC(=O)C2CCN(S(C)(=O)=O)CC2)cc1. The van der Waals surface area contributed by atoms with Crippen molar-refractivity contribution >= 4 is 15.9 Å². The molecule has 6 heteroatoms. The molecule has 1 amide bonds. The number of amides is 1. The lowest BCUT2D eigenvalue weighted by Gasteiger charge is -2.29. The molecule has 0 atom stereocenters. The van der Waals surface area contributed by atoms with Crippen LogP contribution in [-0.2, 0) is 27.7 Å². The molecule has 1 saturated heterocycles. The number of piperidine rings is 1. The van der Waals surface area contributed by atoms with E-state index in [1.165, 1.54) is 21.7 Å². The maximum Gasteiger partial charge on any atom is 0.223 e. The monoisotopic (exact) mass is 338 g/mol. The van der Waals surface area contributed by atoms with Crippen molar-refractivity contribution in [2.75, 3.05) is 25.9 Å². The van der Waals surface area contributed by atoms with Crippen molar-refractivity contribution in [3.8, 4) is 0 Å². The maximum absolute atomic E-state index is 12.2. The van der Waals surface area contributed by atoms with Crippen LogP contribution in [0, 0.1) is 5.92 Å². The third kappa shape index (κ3) is 5.32. The van der Waals surface area contributed by atoms with E-state index in [2.05, 4.69) is 36.5 Å². The molecule has 1 fully saturated rings. The summed E-state index contributed by atoms with van der Waals surface area (Å²) in [5.41, 5.74) is 2.53. The van der Waals surface area contributed by atoms with Gasteiger partial charge in [-0.25, -0.2) is 12.7 Å². The minimum Gasteiger partial charge on any atom is -0.356 e. The van der Waals surface area contributed by atoms with Crippen LogP contribution in [0.1, 0.15) is 30.9 Å². The van der Waals surface area contributed by atoms with Crippen LogP contribution >= 0.6 is 0 Å². The number of carbonyl (C=O) groups excluding carboxylic acids is 1. The van der Waals surface area contributed by atoms with Crippen LogP contribution in [0.5, 0.6) is 0 Å². The Balaban J connectivity index is 1.73.